The van der Waals surface area contributed by atoms with Gasteiger partial charge in [-0.25, -0.2) is 0 Å². The summed E-state index contributed by atoms with van der Waals surface area (Å²) in [7, 11) is 3.80. The van der Waals surface area contributed by atoms with Crippen LogP contribution in [0.15, 0.2) is 23.5 Å². The molecule has 0 aromatic carbocycles. The quantitative estimate of drug-likeness (QED) is 0.292. The average Bonchev–Trinajstić information content (AvgIpc) is 3.34. The van der Waals surface area contributed by atoms with Crippen molar-refractivity contribution in [3.8, 4) is 0 Å². The first-order chi connectivity index (χ1) is 16.9. The highest BCUT2D eigenvalue weighted by atomic mass is 16.5. The molecule has 0 radical (unpaired) electrons. The van der Waals surface area contributed by atoms with Crippen molar-refractivity contribution in [1.29, 1.82) is 0 Å². The zero-order chi connectivity index (χ0) is 25.8. The molecule has 0 aromatic heterocycles. The first-order valence-electron chi connectivity index (χ1n) is 14.3. The van der Waals surface area contributed by atoms with E-state index < -0.39 is 0 Å². The summed E-state index contributed by atoms with van der Waals surface area (Å²) in [5.41, 5.74) is 8.88. The SMILES string of the molecule is CC/C=C\C(C)C(NC)/C(=C(/N)COC)N(CN1CCOC2CCCC21)C(C)CCC[C@@H](C)CC. The standard InChI is InChI=1S/C29H56N4O2/c1-8-10-14-23(4)28(31-6)29(25(30)20-34-7)33(24(5)15-11-13-22(3)9-2)21-32-18-19-35-27-17-12-16-26(27)32/h10,14,22-24,26-28,31H,8-9,11-13,15-21,30H2,1-7H3/b14-10-,29-25-/t22-,23?,24?,26?,27?,28?/m0/s1. The van der Waals surface area contributed by atoms with Gasteiger partial charge in [-0.1, -0.05) is 59.1 Å². The van der Waals surface area contributed by atoms with Gasteiger partial charge in [-0.3, -0.25) is 4.90 Å². The summed E-state index contributed by atoms with van der Waals surface area (Å²) in [5, 5.41) is 3.62. The number of fused-ring (bicyclic) bond motifs is 1. The normalized spacial score (nSPS) is 25.2. The van der Waals surface area contributed by atoms with E-state index in [1.165, 1.54) is 50.6 Å². The highest BCUT2D eigenvalue weighted by Crippen LogP contribution is 2.32. The molecule has 204 valence electrons. The number of nitrogens with one attached hydrogen (secondary N) is 1. The third-order valence-corrected chi connectivity index (χ3v) is 8.22. The fraction of sp³-hybridized carbons (Fsp3) is 0.862. The van der Waals surface area contributed by atoms with E-state index in [4.69, 9.17) is 15.2 Å². The van der Waals surface area contributed by atoms with Gasteiger partial charge in [-0.2, -0.15) is 0 Å². The van der Waals surface area contributed by atoms with E-state index in [2.05, 4.69) is 68.9 Å². The third-order valence-electron chi connectivity index (χ3n) is 8.22. The molecule has 0 amide bonds. The zero-order valence-electron chi connectivity index (χ0n) is 23.9. The molecule has 1 heterocycles. The minimum Gasteiger partial charge on any atom is -0.399 e. The largest absolute Gasteiger partial charge is 0.399 e. The van der Waals surface area contributed by atoms with Crippen LogP contribution in [0.1, 0.15) is 86.0 Å². The van der Waals surface area contributed by atoms with Gasteiger partial charge in [-0.05, 0) is 57.9 Å². The molecule has 1 aliphatic heterocycles. The monoisotopic (exact) mass is 492 g/mol. The van der Waals surface area contributed by atoms with Crippen LogP contribution in [0.25, 0.3) is 0 Å². The number of morpholine rings is 1. The second-order valence-electron chi connectivity index (χ2n) is 10.9. The van der Waals surface area contributed by atoms with E-state index in [9.17, 15) is 0 Å². The van der Waals surface area contributed by atoms with E-state index in [0.717, 1.165) is 37.9 Å². The topological polar surface area (TPSA) is 63.0 Å². The summed E-state index contributed by atoms with van der Waals surface area (Å²) in [6, 6.07) is 1.05. The Morgan fingerprint density at radius 2 is 2.00 bits per heavy atom. The summed E-state index contributed by atoms with van der Waals surface area (Å²) in [6.07, 6.45) is 14.7. The Hall–Kier alpha value is -1.08. The lowest BCUT2D eigenvalue weighted by Gasteiger charge is -2.46. The van der Waals surface area contributed by atoms with Crippen LogP contribution >= 0.6 is 0 Å². The van der Waals surface area contributed by atoms with Crippen LogP contribution in [0.5, 0.6) is 0 Å². The first kappa shape index (κ1) is 30.1. The number of likely N-dealkylation sites (N-methyl/N-ethyl adjacent to an activating group) is 1. The lowest BCUT2D eigenvalue weighted by molar-refractivity contribution is -0.0738. The van der Waals surface area contributed by atoms with Crippen molar-refractivity contribution in [2.45, 2.75) is 110 Å². The van der Waals surface area contributed by atoms with Crippen LogP contribution in [0.2, 0.25) is 0 Å². The number of nitrogens with two attached hydrogens (primary N) is 1. The molecular formula is C29H56N4O2. The molecule has 6 nitrogen and oxygen atoms in total. The third kappa shape index (κ3) is 8.77. The van der Waals surface area contributed by atoms with Gasteiger partial charge in [0.05, 0.1) is 43.4 Å². The molecular weight excluding hydrogens is 436 g/mol. The molecule has 2 fully saturated rings. The zero-order valence-corrected chi connectivity index (χ0v) is 23.9. The van der Waals surface area contributed by atoms with Gasteiger partial charge in [0.2, 0.25) is 0 Å². The molecule has 1 saturated carbocycles. The molecule has 35 heavy (non-hydrogen) atoms. The van der Waals surface area contributed by atoms with Gasteiger partial charge < -0.3 is 25.4 Å². The molecule has 0 spiro atoms. The fourth-order valence-electron chi connectivity index (χ4n) is 5.85. The van der Waals surface area contributed by atoms with Crippen molar-refractivity contribution in [1.82, 2.24) is 15.1 Å². The Morgan fingerprint density at radius 1 is 1.23 bits per heavy atom. The first-order valence-corrected chi connectivity index (χ1v) is 14.3. The van der Waals surface area contributed by atoms with Crippen molar-refractivity contribution in [2.24, 2.45) is 17.6 Å². The Morgan fingerprint density at radius 3 is 2.66 bits per heavy atom. The van der Waals surface area contributed by atoms with Crippen molar-refractivity contribution in [3.05, 3.63) is 23.5 Å². The Labute approximate surface area is 216 Å². The van der Waals surface area contributed by atoms with Crippen LogP contribution in [0.4, 0.5) is 0 Å². The Bertz CT molecular complexity index is 653. The molecule has 3 N–H and O–H groups in total. The summed E-state index contributed by atoms with van der Waals surface area (Å²) >= 11 is 0. The van der Waals surface area contributed by atoms with Gasteiger partial charge in [-0.15, -0.1) is 0 Å². The second kappa shape index (κ2) is 15.9. The van der Waals surface area contributed by atoms with Crippen LogP contribution in [0, 0.1) is 11.8 Å². The van der Waals surface area contributed by atoms with Crippen LogP contribution in [0.3, 0.4) is 0 Å². The number of nitrogens with zero attached hydrogens (tertiary/aromatic N) is 2. The van der Waals surface area contributed by atoms with E-state index in [-0.39, 0.29) is 6.04 Å². The highest BCUT2D eigenvalue weighted by Gasteiger charge is 2.38. The molecule has 1 saturated heterocycles. The predicted molar refractivity (Wildman–Crippen MR) is 148 cm³/mol. The highest BCUT2D eigenvalue weighted by molar-refractivity contribution is 5.21. The number of methoxy groups -OCH3 is 1. The van der Waals surface area contributed by atoms with Gasteiger partial charge in [0.1, 0.15) is 0 Å². The van der Waals surface area contributed by atoms with E-state index in [0.29, 0.717) is 30.7 Å². The minimum atomic E-state index is 0.130. The molecule has 5 unspecified atom stereocenters. The van der Waals surface area contributed by atoms with Gasteiger partial charge >= 0.3 is 0 Å². The molecule has 6 atom stereocenters. The molecule has 0 aromatic rings. The summed E-state index contributed by atoms with van der Waals surface area (Å²) in [5.74, 6) is 1.11. The van der Waals surface area contributed by atoms with Crippen molar-refractivity contribution < 1.29 is 9.47 Å². The number of allylic oxidation sites excluding steroid dienone is 1. The van der Waals surface area contributed by atoms with Crippen LogP contribution < -0.4 is 11.1 Å². The summed E-state index contributed by atoms with van der Waals surface area (Å²) < 4.78 is 11.7. The number of hydrogen-bond acceptors (Lipinski definition) is 6. The maximum absolute atomic E-state index is 6.83. The Balaban J connectivity index is 2.38. The Kier molecular flexibility index (Phi) is 13.7. The maximum Gasteiger partial charge on any atom is 0.0874 e. The van der Waals surface area contributed by atoms with Gasteiger partial charge in [0.15, 0.2) is 0 Å². The molecule has 0 bridgehead atoms. The molecule has 2 rings (SSSR count). The summed E-state index contributed by atoms with van der Waals surface area (Å²) in [4.78, 5) is 5.29. The number of rotatable bonds is 16. The minimum absolute atomic E-state index is 0.130. The fourth-order valence-corrected chi connectivity index (χ4v) is 5.85. The average molecular weight is 493 g/mol. The number of ether oxygens (including phenoxy) is 2. The van der Waals surface area contributed by atoms with Crippen molar-refractivity contribution in [2.75, 3.05) is 40.6 Å². The van der Waals surface area contributed by atoms with Crippen molar-refractivity contribution >= 4 is 0 Å². The second-order valence-corrected chi connectivity index (χ2v) is 10.9. The van der Waals surface area contributed by atoms with Crippen molar-refractivity contribution in [3.63, 3.8) is 0 Å². The van der Waals surface area contributed by atoms with E-state index in [1.807, 2.05) is 0 Å². The van der Waals surface area contributed by atoms with Crippen LogP contribution in [-0.4, -0.2) is 74.6 Å². The number of hydrogen-bond donors (Lipinski definition) is 2. The van der Waals surface area contributed by atoms with Gasteiger partial charge in [0.25, 0.3) is 0 Å². The van der Waals surface area contributed by atoms with Crippen LogP contribution in [-0.2, 0) is 9.47 Å². The maximum atomic E-state index is 6.83. The lowest BCUT2D eigenvalue weighted by Crippen LogP contribution is -2.56. The predicted octanol–water partition coefficient (Wildman–Crippen LogP) is 5.11. The van der Waals surface area contributed by atoms with Gasteiger partial charge in [0, 0.05) is 25.7 Å². The molecule has 6 heteroatoms. The lowest BCUT2D eigenvalue weighted by atomic mass is 9.94. The smallest absolute Gasteiger partial charge is 0.0874 e. The summed E-state index contributed by atoms with van der Waals surface area (Å²) in [6.45, 7) is 14.7. The van der Waals surface area contributed by atoms with E-state index >= 15 is 0 Å². The van der Waals surface area contributed by atoms with E-state index in [1.54, 1.807) is 7.11 Å². The molecule has 1 aliphatic carbocycles. The molecule has 2 aliphatic rings.